The number of rotatable bonds is 8. The smallest absolute Gasteiger partial charge is 0.192 e. The fraction of sp³-hybridized carbons (Fsp3) is 0.118. The molecule has 6 nitrogen and oxygen atoms in total. The largest absolute Gasteiger partial charge is 0.497 e. The summed E-state index contributed by atoms with van der Waals surface area (Å²) in [5.74, 6) is 3.99. The van der Waals surface area contributed by atoms with E-state index in [9.17, 15) is 9.13 Å². The lowest BCUT2D eigenvalue weighted by atomic mass is 10.2. The van der Waals surface area contributed by atoms with Gasteiger partial charge in [-0.3, -0.25) is 9.13 Å². The van der Waals surface area contributed by atoms with Crippen molar-refractivity contribution >= 4 is 37.0 Å². The van der Waals surface area contributed by atoms with E-state index < -0.39 is 0 Å². The molecule has 43 heavy (non-hydrogen) atoms. The van der Waals surface area contributed by atoms with Crippen molar-refractivity contribution in [2.75, 3.05) is 7.11 Å². The van der Waals surface area contributed by atoms with Crippen LogP contribution in [0.1, 0.15) is 18.6 Å². The average Bonchev–Trinajstić information content (AvgIpc) is 3.02. The normalized spacial score (nSPS) is 9.77. The van der Waals surface area contributed by atoms with Crippen molar-refractivity contribution in [3.05, 3.63) is 132 Å². The number of ether oxygens (including phenoxy) is 3. The van der Waals surface area contributed by atoms with Gasteiger partial charge in [0.2, 0.25) is 0 Å². The number of benzene rings is 5. The first-order chi connectivity index (χ1) is 20.4. The first kappa shape index (κ1) is 35.1. The lowest BCUT2D eigenvalue weighted by Gasteiger charge is -2.10. The number of aryl methyl sites for hydroxylation is 2. The van der Waals surface area contributed by atoms with Crippen LogP contribution >= 0.6 is 26.4 Å². The fourth-order valence-electron chi connectivity index (χ4n) is 3.56. The molecule has 0 N–H and O–H groups in total. The van der Waals surface area contributed by atoms with Crippen molar-refractivity contribution in [1.29, 1.82) is 0 Å². The van der Waals surface area contributed by atoms with E-state index in [0.29, 0.717) is 34.1 Å². The molecule has 0 heterocycles. The Morgan fingerprint density at radius 2 is 0.884 bits per heavy atom. The summed E-state index contributed by atoms with van der Waals surface area (Å²) < 4.78 is 42.9. The van der Waals surface area contributed by atoms with Gasteiger partial charge in [0.05, 0.1) is 16.6 Å². The highest BCUT2D eigenvalue weighted by Gasteiger charge is 2.04. The van der Waals surface area contributed by atoms with Gasteiger partial charge in [-0.15, -0.1) is 0 Å². The molecule has 0 radical (unpaired) electrons. The predicted octanol–water partition coefficient (Wildman–Crippen LogP) is 9.91. The molecule has 1 unspecified atom stereocenters. The maximum absolute atomic E-state index is 10.9. The lowest BCUT2D eigenvalue weighted by molar-refractivity contribution is 0.415. The molecule has 0 aliphatic rings. The Morgan fingerprint density at radius 1 is 0.512 bits per heavy atom. The Labute approximate surface area is 259 Å². The third kappa shape index (κ3) is 12.8. The molecule has 5 rings (SSSR count). The minimum atomic E-state index is -0.0350. The van der Waals surface area contributed by atoms with Crippen LogP contribution in [0.15, 0.2) is 121 Å². The van der Waals surface area contributed by atoms with Crippen LogP contribution < -0.4 is 29.3 Å². The second-order valence-electron chi connectivity index (χ2n) is 8.81. The van der Waals surface area contributed by atoms with Crippen molar-refractivity contribution in [2.45, 2.75) is 21.3 Å². The quantitative estimate of drug-likeness (QED) is 0.159. The molecule has 5 aromatic rings. The van der Waals surface area contributed by atoms with Gasteiger partial charge in [0.15, 0.2) is 16.9 Å². The van der Waals surface area contributed by atoms with Crippen molar-refractivity contribution in [2.24, 2.45) is 0 Å². The zero-order valence-electron chi connectivity index (χ0n) is 23.5. The SMILES string of the molecule is C.COc1cccc(P=O)c1.Cc1cccc(C)c1.O=Pc1cccc(Oc2cccc(Oc3cccc(OP)c3)c2)c1. The molecule has 0 amide bonds. The Bertz CT molecular complexity index is 1580. The molecular formula is C34H35O6P3. The van der Waals surface area contributed by atoms with E-state index in [1.54, 1.807) is 55.6 Å². The van der Waals surface area contributed by atoms with Crippen LogP contribution in [-0.4, -0.2) is 7.11 Å². The van der Waals surface area contributed by atoms with E-state index >= 15 is 0 Å². The maximum Gasteiger partial charge on any atom is 0.192 e. The topological polar surface area (TPSA) is 71.1 Å². The van der Waals surface area contributed by atoms with Gasteiger partial charge < -0.3 is 18.7 Å². The highest BCUT2D eigenvalue weighted by atomic mass is 31.1. The molecular weight excluding hydrogens is 597 g/mol. The van der Waals surface area contributed by atoms with Crippen LogP contribution in [0.5, 0.6) is 34.5 Å². The predicted molar refractivity (Wildman–Crippen MR) is 180 cm³/mol. The molecule has 0 fully saturated rings. The average molecular weight is 633 g/mol. The van der Waals surface area contributed by atoms with Crippen LogP contribution in [0.2, 0.25) is 0 Å². The van der Waals surface area contributed by atoms with Crippen LogP contribution in [0, 0.1) is 13.8 Å². The minimum absolute atomic E-state index is 0. The first-order valence-electron chi connectivity index (χ1n) is 12.8. The second-order valence-corrected chi connectivity index (χ2v) is 10.4. The zero-order chi connectivity index (χ0) is 30.2. The highest BCUT2D eigenvalue weighted by Crippen LogP contribution is 2.30. The van der Waals surface area contributed by atoms with Crippen molar-refractivity contribution in [1.82, 2.24) is 0 Å². The van der Waals surface area contributed by atoms with Crippen LogP contribution in [-0.2, 0) is 9.13 Å². The zero-order valence-corrected chi connectivity index (χ0v) is 26.4. The lowest BCUT2D eigenvalue weighted by Crippen LogP contribution is -1.92. The molecule has 0 saturated heterocycles. The van der Waals surface area contributed by atoms with Gasteiger partial charge >= 0.3 is 0 Å². The van der Waals surface area contributed by atoms with E-state index in [4.69, 9.17) is 18.7 Å². The standard InChI is InChI=1S/C18H14O4P2.C8H10.C7H7O2P.CH4/c19-24-18-9-3-7-16(12-18)21-14-5-1-4-13(10-14)20-15-6-2-8-17(11-15)22-23;1-7-4-3-5-8(2)6-7;1-9-6-3-2-4-7(5-6)10-8;/h1-12H,23H2;3-6H,1-2H3;2-5H,1H3;1H4. The molecule has 9 heteroatoms. The van der Waals surface area contributed by atoms with Gasteiger partial charge in [-0.25, -0.2) is 0 Å². The Kier molecular flexibility index (Phi) is 15.7. The third-order valence-corrected chi connectivity index (χ3v) is 6.72. The van der Waals surface area contributed by atoms with Crippen LogP contribution in [0.25, 0.3) is 0 Å². The summed E-state index contributed by atoms with van der Waals surface area (Å²) in [6.45, 7) is 4.21. The summed E-state index contributed by atoms with van der Waals surface area (Å²) in [5, 5.41) is 1.40. The van der Waals surface area contributed by atoms with Gasteiger partial charge in [0, 0.05) is 22.7 Å². The monoisotopic (exact) mass is 632 g/mol. The van der Waals surface area contributed by atoms with Gasteiger partial charge in [-0.05, 0) is 74.5 Å². The number of hydrogen-bond acceptors (Lipinski definition) is 6. The number of methoxy groups -OCH3 is 1. The summed E-state index contributed by atoms with van der Waals surface area (Å²) in [6, 6.07) is 37.3. The Hall–Kier alpha value is -4.07. The van der Waals surface area contributed by atoms with Crippen LogP contribution in [0.4, 0.5) is 0 Å². The third-order valence-electron chi connectivity index (χ3n) is 5.47. The Balaban J connectivity index is 0.000000279. The fourth-order valence-corrected chi connectivity index (χ4v) is 4.36. The summed E-state index contributed by atoms with van der Waals surface area (Å²) in [4.78, 5) is 0. The highest BCUT2D eigenvalue weighted by molar-refractivity contribution is 7.34. The molecule has 0 aliphatic carbocycles. The van der Waals surface area contributed by atoms with Crippen LogP contribution in [0.3, 0.4) is 0 Å². The van der Waals surface area contributed by atoms with Crippen molar-refractivity contribution in [3.63, 3.8) is 0 Å². The molecule has 5 aromatic carbocycles. The summed E-state index contributed by atoms with van der Waals surface area (Å²) in [5.41, 5.74) is 2.68. The van der Waals surface area contributed by atoms with Gasteiger partial charge in [-0.2, -0.15) is 0 Å². The molecule has 0 aromatic heterocycles. The van der Waals surface area contributed by atoms with Gasteiger partial charge in [0.1, 0.15) is 34.5 Å². The van der Waals surface area contributed by atoms with E-state index in [2.05, 4.69) is 47.6 Å². The molecule has 222 valence electrons. The van der Waals surface area contributed by atoms with Gasteiger partial charge in [-0.1, -0.05) is 67.1 Å². The minimum Gasteiger partial charge on any atom is -0.497 e. The van der Waals surface area contributed by atoms with E-state index in [1.807, 2.05) is 48.5 Å². The summed E-state index contributed by atoms with van der Waals surface area (Å²) >= 11 is 0. The molecule has 0 saturated carbocycles. The second kappa shape index (κ2) is 19.2. The van der Waals surface area contributed by atoms with E-state index in [-0.39, 0.29) is 24.3 Å². The van der Waals surface area contributed by atoms with E-state index in [1.165, 1.54) is 11.1 Å². The maximum atomic E-state index is 10.9. The molecule has 0 spiro atoms. The molecule has 1 atom stereocenters. The summed E-state index contributed by atoms with van der Waals surface area (Å²) in [7, 11) is 3.79. The molecule has 0 aliphatic heterocycles. The van der Waals surface area contributed by atoms with E-state index in [0.717, 1.165) is 11.1 Å². The Morgan fingerprint density at radius 3 is 1.30 bits per heavy atom. The van der Waals surface area contributed by atoms with Gasteiger partial charge in [0.25, 0.3) is 0 Å². The van der Waals surface area contributed by atoms with Crippen molar-refractivity contribution in [3.8, 4) is 34.5 Å². The number of hydrogen-bond donors (Lipinski definition) is 0. The van der Waals surface area contributed by atoms with Crippen molar-refractivity contribution < 1.29 is 27.9 Å². The summed E-state index contributed by atoms with van der Waals surface area (Å²) in [6.07, 6.45) is 0. The molecule has 0 bridgehead atoms. The first-order valence-corrected chi connectivity index (χ1v) is 14.9.